The molecular formula is C10H14OS. The summed E-state index contributed by atoms with van der Waals surface area (Å²) in [7, 11) is 0. The fourth-order valence-electron chi connectivity index (χ4n) is 0.840. The van der Waals surface area contributed by atoms with Gasteiger partial charge in [0.15, 0.2) is 0 Å². The summed E-state index contributed by atoms with van der Waals surface area (Å²) in [5.41, 5.74) is 0. The Balaban J connectivity index is 2.64. The van der Waals surface area contributed by atoms with Crippen LogP contribution < -0.4 is 0 Å². The predicted molar refractivity (Wildman–Crippen MR) is 53.5 cm³/mol. The van der Waals surface area contributed by atoms with Gasteiger partial charge >= 0.3 is 0 Å². The lowest BCUT2D eigenvalue weighted by molar-refractivity contribution is 0.265. The summed E-state index contributed by atoms with van der Waals surface area (Å²) in [4.78, 5) is 1.21. The smallest absolute Gasteiger partial charge is 0.0576 e. The molecule has 0 aliphatic heterocycles. The fourth-order valence-corrected chi connectivity index (χ4v) is 1.84. The monoisotopic (exact) mass is 182 g/mol. The summed E-state index contributed by atoms with van der Waals surface area (Å²) >= 11 is 1.70. The lowest BCUT2D eigenvalue weighted by atomic mass is 10.2. The van der Waals surface area contributed by atoms with Crippen LogP contribution >= 0.6 is 11.8 Å². The van der Waals surface area contributed by atoms with E-state index < -0.39 is 0 Å². The largest absolute Gasteiger partial charge is 0.395 e. The molecule has 1 aromatic carbocycles. The normalized spacial score (nSPS) is 11.6. The van der Waals surface area contributed by atoms with Crippen LogP contribution in [0.3, 0.4) is 0 Å². The Morgan fingerprint density at radius 1 is 1.25 bits per heavy atom. The second-order valence-corrected chi connectivity index (χ2v) is 5.11. The van der Waals surface area contributed by atoms with Crippen LogP contribution in [0.15, 0.2) is 35.2 Å². The minimum Gasteiger partial charge on any atom is -0.395 e. The molecule has 0 atom stereocenters. The molecule has 0 spiro atoms. The highest BCUT2D eigenvalue weighted by atomic mass is 32.2. The van der Waals surface area contributed by atoms with Crippen molar-refractivity contribution >= 4 is 11.8 Å². The summed E-state index contributed by atoms with van der Waals surface area (Å²) in [6.45, 7) is 4.27. The number of hydrogen-bond acceptors (Lipinski definition) is 2. The maximum Gasteiger partial charge on any atom is 0.0576 e. The van der Waals surface area contributed by atoms with E-state index in [1.165, 1.54) is 4.90 Å². The molecule has 12 heavy (non-hydrogen) atoms. The first-order valence-corrected chi connectivity index (χ1v) is 4.81. The summed E-state index contributed by atoms with van der Waals surface area (Å²) in [5, 5.41) is 9.03. The Bertz CT molecular complexity index is 231. The van der Waals surface area contributed by atoms with Gasteiger partial charge in [-0.2, -0.15) is 0 Å². The Morgan fingerprint density at radius 3 is 2.33 bits per heavy atom. The Hall–Kier alpha value is -0.470. The number of hydrogen-bond donors (Lipinski definition) is 1. The van der Waals surface area contributed by atoms with Crippen LogP contribution in [0.4, 0.5) is 0 Å². The van der Waals surface area contributed by atoms with E-state index in [4.69, 9.17) is 5.11 Å². The molecule has 0 aliphatic rings. The SMILES string of the molecule is CC(C)(CO)Sc1ccccc1. The van der Waals surface area contributed by atoms with Crippen molar-refractivity contribution < 1.29 is 5.11 Å². The number of thioether (sulfide) groups is 1. The first-order chi connectivity index (χ1) is 5.64. The highest BCUT2D eigenvalue weighted by Crippen LogP contribution is 2.31. The quantitative estimate of drug-likeness (QED) is 0.725. The zero-order valence-corrected chi connectivity index (χ0v) is 8.27. The van der Waals surface area contributed by atoms with Crippen LogP contribution in [0, 0.1) is 0 Å². The molecule has 0 aliphatic carbocycles. The maximum absolute atomic E-state index is 9.03. The van der Waals surface area contributed by atoms with Crippen molar-refractivity contribution in [2.24, 2.45) is 0 Å². The summed E-state index contributed by atoms with van der Waals surface area (Å²) in [6, 6.07) is 10.1. The Labute approximate surface area is 77.8 Å². The minimum atomic E-state index is -0.0820. The van der Waals surface area contributed by atoms with Gasteiger partial charge in [-0.15, -0.1) is 11.8 Å². The summed E-state index contributed by atoms with van der Waals surface area (Å²) < 4.78 is -0.0820. The van der Waals surface area contributed by atoms with Crippen molar-refractivity contribution in [3.8, 4) is 0 Å². The number of aliphatic hydroxyl groups excluding tert-OH is 1. The first-order valence-electron chi connectivity index (χ1n) is 3.99. The van der Waals surface area contributed by atoms with Gasteiger partial charge < -0.3 is 5.11 Å². The van der Waals surface area contributed by atoms with Crippen LogP contribution in [-0.2, 0) is 0 Å². The van der Waals surface area contributed by atoms with Gasteiger partial charge in [-0.1, -0.05) is 18.2 Å². The topological polar surface area (TPSA) is 20.2 Å². The van der Waals surface area contributed by atoms with Crippen molar-refractivity contribution in [3.63, 3.8) is 0 Å². The molecule has 0 bridgehead atoms. The van der Waals surface area contributed by atoms with Crippen LogP contribution in [0.25, 0.3) is 0 Å². The van der Waals surface area contributed by atoms with Crippen LogP contribution in [0.5, 0.6) is 0 Å². The fraction of sp³-hybridized carbons (Fsp3) is 0.400. The average molecular weight is 182 g/mol. The van der Waals surface area contributed by atoms with Crippen molar-refractivity contribution in [1.29, 1.82) is 0 Å². The molecular weight excluding hydrogens is 168 g/mol. The summed E-state index contributed by atoms with van der Waals surface area (Å²) in [6.07, 6.45) is 0. The van der Waals surface area contributed by atoms with Crippen molar-refractivity contribution in [3.05, 3.63) is 30.3 Å². The second kappa shape index (κ2) is 3.97. The molecule has 1 rings (SSSR count). The molecule has 1 N–H and O–H groups in total. The van der Waals surface area contributed by atoms with E-state index in [1.807, 2.05) is 32.0 Å². The average Bonchev–Trinajstić information content (AvgIpc) is 2.06. The molecule has 0 unspecified atom stereocenters. The minimum absolute atomic E-state index is 0.0820. The van der Waals surface area contributed by atoms with E-state index in [-0.39, 0.29) is 11.4 Å². The molecule has 0 saturated carbocycles. The van der Waals surface area contributed by atoms with Crippen molar-refractivity contribution in [1.82, 2.24) is 0 Å². The molecule has 2 heteroatoms. The molecule has 66 valence electrons. The van der Waals surface area contributed by atoms with E-state index in [0.29, 0.717) is 0 Å². The highest BCUT2D eigenvalue weighted by molar-refractivity contribution is 8.00. The van der Waals surface area contributed by atoms with E-state index in [0.717, 1.165) is 0 Å². The van der Waals surface area contributed by atoms with Gasteiger partial charge in [0.25, 0.3) is 0 Å². The third kappa shape index (κ3) is 2.88. The number of aliphatic hydroxyl groups is 1. The van der Waals surface area contributed by atoms with Crippen LogP contribution in [-0.4, -0.2) is 16.5 Å². The predicted octanol–water partition coefficient (Wildman–Crippen LogP) is 2.55. The van der Waals surface area contributed by atoms with Gasteiger partial charge in [0.1, 0.15) is 0 Å². The Kier molecular flexibility index (Phi) is 3.18. The standard InChI is InChI=1S/C10H14OS/c1-10(2,8-11)12-9-6-4-3-5-7-9/h3-7,11H,8H2,1-2H3. The molecule has 0 radical (unpaired) electrons. The number of rotatable bonds is 3. The van der Waals surface area contributed by atoms with E-state index >= 15 is 0 Å². The van der Waals surface area contributed by atoms with Gasteiger partial charge in [-0.05, 0) is 26.0 Å². The molecule has 1 aromatic rings. The van der Waals surface area contributed by atoms with Crippen molar-refractivity contribution in [2.45, 2.75) is 23.5 Å². The van der Waals surface area contributed by atoms with E-state index in [9.17, 15) is 0 Å². The van der Waals surface area contributed by atoms with Crippen LogP contribution in [0.1, 0.15) is 13.8 Å². The lowest BCUT2D eigenvalue weighted by Gasteiger charge is -2.20. The maximum atomic E-state index is 9.03. The Morgan fingerprint density at radius 2 is 1.83 bits per heavy atom. The van der Waals surface area contributed by atoms with E-state index in [2.05, 4.69) is 12.1 Å². The molecule has 0 amide bonds. The van der Waals surface area contributed by atoms with Gasteiger partial charge in [-0.3, -0.25) is 0 Å². The first kappa shape index (κ1) is 9.62. The van der Waals surface area contributed by atoms with Gasteiger partial charge in [-0.25, -0.2) is 0 Å². The van der Waals surface area contributed by atoms with Gasteiger partial charge in [0.05, 0.1) is 6.61 Å². The molecule has 0 fully saturated rings. The van der Waals surface area contributed by atoms with Gasteiger partial charge in [0, 0.05) is 9.64 Å². The molecule has 0 saturated heterocycles. The van der Waals surface area contributed by atoms with Crippen LogP contribution in [0.2, 0.25) is 0 Å². The second-order valence-electron chi connectivity index (χ2n) is 3.33. The zero-order valence-electron chi connectivity index (χ0n) is 7.45. The highest BCUT2D eigenvalue weighted by Gasteiger charge is 2.17. The summed E-state index contributed by atoms with van der Waals surface area (Å²) in [5.74, 6) is 0. The molecule has 0 aromatic heterocycles. The van der Waals surface area contributed by atoms with Gasteiger partial charge in [0.2, 0.25) is 0 Å². The van der Waals surface area contributed by atoms with E-state index in [1.54, 1.807) is 11.8 Å². The lowest BCUT2D eigenvalue weighted by Crippen LogP contribution is -2.19. The van der Waals surface area contributed by atoms with Crippen molar-refractivity contribution in [2.75, 3.05) is 6.61 Å². The zero-order chi connectivity index (χ0) is 9.03. The third-order valence-electron chi connectivity index (χ3n) is 1.52. The number of benzene rings is 1. The molecule has 1 nitrogen and oxygen atoms in total. The molecule has 0 heterocycles. The third-order valence-corrected chi connectivity index (χ3v) is 2.71.